The zero-order valence-corrected chi connectivity index (χ0v) is 17.7. The first-order valence-corrected chi connectivity index (χ1v) is 9.50. The van der Waals surface area contributed by atoms with Crippen molar-refractivity contribution in [3.8, 4) is 0 Å². The molecular formula is C18H32N4O7. The van der Waals surface area contributed by atoms with Crippen LogP contribution in [0.3, 0.4) is 0 Å². The number of carbonyl (C=O) groups is 2. The second kappa shape index (κ2) is 12.5. The number of ether oxygens (including phenoxy) is 5. The second-order valence-corrected chi connectivity index (χ2v) is 7.83. The second-order valence-electron chi connectivity index (χ2n) is 7.83. The van der Waals surface area contributed by atoms with Crippen LogP contribution in [0.15, 0.2) is 5.11 Å². The standard InChI is InChI=1S/C18H32N4O7/c1-17(2,3)29-16(24)22-11-18(12-22,13-27-7-5-15(23)25-4)14-28-10-9-26-8-6-20-21-19/h5-14H2,1-4H3. The average Bonchev–Trinajstić information content (AvgIpc) is 2.62. The molecule has 0 atom stereocenters. The Bertz CT molecular complexity index is 567. The van der Waals surface area contributed by atoms with Crippen LogP contribution in [0.1, 0.15) is 27.2 Å². The minimum Gasteiger partial charge on any atom is -0.469 e. The molecule has 11 heteroatoms. The topological polar surface area (TPSA) is 132 Å². The molecule has 1 aliphatic heterocycles. The van der Waals surface area contributed by atoms with Gasteiger partial charge in [-0.15, -0.1) is 0 Å². The lowest BCUT2D eigenvalue weighted by atomic mass is 9.81. The number of amides is 1. The third kappa shape index (κ3) is 10.3. The van der Waals surface area contributed by atoms with Crippen LogP contribution in [-0.2, 0) is 28.5 Å². The molecule has 29 heavy (non-hydrogen) atoms. The first-order chi connectivity index (χ1) is 13.7. The van der Waals surface area contributed by atoms with Gasteiger partial charge < -0.3 is 28.6 Å². The molecule has 1 heterocycles. The van der Waals surface area contributed by atoms with Crippen molar-refractivity contribution >= 4 is 12.1 Å². The summed E-state index contributed by atoms with van der Waals surface area (Å²) in [6.07, 6.45) is -0.202. The summed E-state index contributed by atoms with van der Waals surface area (Å²) < 4.78 is 26.6. The third-order valence-corrected chi connectivity index (χ3v) is 3.97. The van der Waals surface area contributed by atoms with Gasteiger partial charge in [0.15, 0.2) is 0 Å². The molecule has 11 nitrogen and oxygen atoms in total. The number of nitrogens with zero attached hydrogens (tertiary/aromatic N) is 4. The summed E-state index contributed by atoms with van der Waals surface area (Å²) >= 11 is 0. The van der Waals surface area contributed by atoms with Gasteiger partial charge in [-0.1, -0.05) is 5.11 Å². The summed E-state index contributed by atoms with van der Waals surface area (Å²) in [4.78, 5) is 27.6. The zero-order chi connectivity index (χ0) is 21.8. The third-order valence-electron chi connectivity index (χ3n) is 3.97. The Labute approximate surface area is 171 Å². The normalized spacial score (nSPS) is 15.2. The summed E-state index contributed by atoms with van der Waals surface area (Å²) in [6, 6.07) is 0. The Balaban J connectivity index is 2.41. The van der Waals surface area contributed by atoms with Gasteiger partial charge >= 0.3 is 12.1 Å². The number of azide groups is 1. The Morgan fingerprint density at radius 2 is 1.69 bits per heavy atom. The number of likely N-dealkylation sites (tertiary alicyclic amines) is 1. The van der Waals surface area contributed by atoms with Gasteiger partial charge in [0.2, 0.25) is 0 Å². The molecule has 1 rings (SSSR count). The molecule has 0 saturated carbocycles. The van der Waals surface area contributed by atoms with Gasteiger partial charge in [-0.25, -0.2) is 4.79 Å². The molecule has 0 N–H and O–H groups in total. The summed E-state index contributed by atoms with van der Waals surface area (Å²) in [5.74, 6) is -0.336. The molecule has 0 aliphatic carbocycles. The molecule has 0 radical (unpaired) electrons. The van der Waals surface area contributed by atoms with Crippen molar-refractivity contribution in [2.24, 2.45) is 10.5 Å². The van der Waals surface area contributed by atoms with Gasteiger partial charge in [0, 0.05) is 24.5 Å². The van der Waals surface area contributed by atoms with Crippen LogP contribution in [0.25, 0.3) is 10.4 Å². The molecule has 0 aromatic rings. The summed E-state index contributed by atoms with van der Waals surface area (Å²) in [6.45, 7) is 8.66. The van der Waals surface area contributed by atoms with Crippen LogP contribution >= 0.6 is 0 Å². The predicted molar refractivity (Wildman–Crippen MR) is 103 cm³/mol. The SMILES string of the molecule is COC(=O)CCOCC1(COCCOCCN=[N+]=[N-])CN(C(=O)OC(C)(C)C)C1. The van der Waals surface area contributed by atoms with E-state index in [0.717, 1.165) is 0 Å². The molecule has 1 aliphatic rings. The van der Waals surface area contributed by atoms with E-state index in [9.17, 15) is 9.59 Å². The van der Waals surface area contributed by atoms with E-state index in [1.54, 1.807) is 4.90 Å². The number of hydrogen-bond acceptors (Lipinski definition) is 8. The predicted octanol–water partition coefficient (Wildman–Crippen LogP) is 2.15. The molecule has 1 saturated heterocycles. The fourth-order valence-corrected chi connectivity index (χ4v) is 2.65. The van der Waals surface area contributed by atoms with Gasteiger partial charge in [-0.3, -0.25) is 4.79 Å². The number of rotatable bonds is 13. The van der Waals surface area contributed by atoms with Crippen molar-refractivity contribution in [2.75, 3.05) is 66.4 Å². The largest absolute Gasteiger partial charge is 0.469 e. The Kier molecular flexibility index (Phi) is 10.7. The first kappa shape index (κ1) is 25.0. The fourth-order valence-electron chi connectivity index (χ4n) is 2.65. The summed E-state index contributed by atoms with van der Waals surface area (Å²) in [5, 5.41) is 3.38. The first-order valence-electron chi connectivity index (χ1n) is 9.50. The quantitative estimate of drug-likeness (QED) is 0.148. The van der Waals surface area contributed by atoms with Crippen molar-refractivity contribution in [2.45, 2.75) is 32.8 Å². The number of methoxy groups -OCH3 is 1. The van der Waals surface area contributed by atoms with Gasteiger partial charge in [0.1, 0.15) is 5.60 Å². The highest BCUT2D eigenvalue weighted by Crippen LogP contribution is 2.32. The minimum atomic E-state index is -0.560. The van der Waals surface area contributed by atoms with Crippen LogP contribution < -0.4 is 0 Å². The molecule has 0 aromatic heterocycles. The molecular weight excluding hydrogens is 384 g/mol. The summed E-state index contributed by atoms with van der Waals surface area (Å²) in [5.41, 5.74) is 7.27. The zero-order valence-electron chi connectivity index (χ0n) is 17.7. The van der Waals surface area contributed by atoms with Gasteiger partial charge in [-0.05, 0) is 26.3 Å². The van der Waals surface area contributed by atoms with Crippen LogP contribution in [0, 0.1) is 5.41 Å². The van der Waals surface area contributed by atoms with Crippen LogP contribution in [0.2, 0.25) is 0 Å². The molecule has 0 unspecified atom stereocenters. The average molecular weight is 416 g/mol. The lowest BCUT2D eigenvalue weighted by molar-refractivity contribution is -0.143. The maximum atomic E-state index is 12.2. The highest BCUT2D eigenvalue weighted by atomic mass is 16.6. The van der Waals surface area contributed by atoms with Crippen molar-refractivity contribution in [1.82, 2.24) is 4.90 Å². The van der Waals surface area contributed by atoms with Crippen LogP contribution in [-0.4, -0.2) is 88.9 Å². The van der Waals surface area contributed by atoms with Gasteiger partial charge in [0.05, 0.1) is 58.6 Å². The molecule has 0 aromatic carbocycles. The molecule has 0 spiro atoms. The van der Waals surface area contributed by atoms with E-state index in [4.69, 9.17) is 24.5 Å². The Hall–Kier alpha value is -2.07. The Morgan fingerprint density at radius 1 is 1.07 bits per heavy atom. The van der Waals surface area contributed by atoms with Gasteiger partial charge in [0.25, 0.3) is 0 Å². The number of carbonyl (C=O) groups excluding carboxylic acids is 2. The lowest BCUT2D eigenvalue weighted by Gasteiger charge is -2.49. The van der Waals surface area contributed by atoms with Crippen LogP contribution in [0.4, 0.5) is 4.79 Å². The van der Waals surface area contributed by atoms with E-state index >= 15 is 0 Å². The van der Waals surface area contributed by atoms with E-state index in [-0.39, 0.29) is 37.0 Å². The smallest absolute Gasteiger partial charge is 0.410 e. The molecule has 1 amide bonds. The van der Waals surface area contributed by atoms with E-state index in [1.165, 1.54) is 7.11 Å². The van der Waals surface area contributed by atoms with E-state index < -0.39 is 5.60 Å². The van der Waals surface area contributed by atoms with Crippen molar-refractivity contribution in [1.29, 1.82) is 0 Å². The lowest BCUT2D eigenvalue weighted by Crippen LogP contribution is -2.63. The summed E-state index contributed by atoms with van der Waals surface area (Å²) in [7, 11) is 1.33. The molecule has 166 valence electrons. The van der Waals surface area contributed by atoms with Crippen LogP contribution in [0.5, 0.6) is 0 Å². The highest BCUT2D eigenvalue weighted by molar-refractivity contribution is 5.69. The monoisotopic (exact) mass is 416 g/mol. The molecule has 1 fully saturated rings. The number of esters is 1. The number of hydrogen-bond donors (Lipinski definition) is 0. The van der Waals surface area contributed by atoms with Gasteiger partial charge in [-0.2, -0.15) is 0 Å². The minimum absolute atomic E-state index is 0.169. The van der Waals surface area contributed by atoms with Crippen molar-refractivity contribution in [3.05, 3.63) is 10.4 Å². The molecule has 0 bridgehead atoms. The highest BCUT2D eigenvalue weighted by Gasteiger charge is 2.47. The van der Waals surface area contributed by atoms with E-state index in [0.29, 0.717) is 46.1 Å². The van der Waals surface area contributed by atoms with Crippen molar-refractivity contribution in [3.63, 3.8) is 0 Å². The maximum absolute atomic E-state index is 12.2. The van der Waals surface area contributed by atoms with Crippen molar-refractivity contribution < 1.29 is 33.3 Å². The Morgan fingerprint density at radius 3 is 2.28 bits per heavy atom. The maximum Gasteiger partial charge on any atom is 0.410 e. The van der Waals surface area contributed by atoms with E-state index in [1.807, 2.05) is 20.8 Å². The van der Waals surface area contributed by atoms with E-state index in [2.05, 4.69) is 14.8 Å². The fraction of sp³-hybridized carbons (Fsp3) is 0.889.